The smallest absolute Gasteiger partial charge is 0.231 e. The number of sulfone groups is 1. The average Bonchev–Trinajstić information content (AvgIpc) is 2.96. The topological polar surface area (TPSA) is 73.1 Å². The predicted octanol–water partition coefficient (Wildman–Crippen LogP) is 2.46. The van der Waals surface area contributed by atoms with E-state index >= 15 is 0 Å². The zero-order chi connectivity index (χ0) is 12.8. The molecule has 3 rings (SSSR count). The van der Waals surface area contributed by atoms with Crippen molar-refractivity contribution in [3.8, 4) is 10.7 Å². The van der Waals surface area contributed by atoms with E-state index in [0.29, 0.717) is 18.1 Å². The van der Waals surface area contributed by atoms with Crippen LogP contribution in [0.2, 0.25) is 0 Å². The normalized spacial score (nSPS) is 22.4. The molecule has 0 N–H and O–H groups in total. The predicted molar refractivity (Wildman–Crippen MR) is 71.3 cm³/mol. The molecule has 2 aromatic heterocycles. The summed E-state index contributed by atoms with van der Waals surface area (Å²) in [5.74, 6) is 1.11. The summed E-state index contributed by atoms with van der Waals surface area (Å²) >= 11 is 4.87. The Morgan fingerprint density at radius 3 is 2.94 bits per heavy atom. The van der Waals surface area contributed by atoms with Crippen molar-refractivity contribution in [3.63, 3.8) is 0 Å². The van der Waals surface area contributed by atoms with Crippen LogP contribution in [0.25, 0.3) is 10.7 Å². The third-order valence-corrected chi connectivity index (χ3v) is 6.27. The fourth-order valence-electron chi connectivity index (χ4n) is 1.92. The lowest BCUT2D eigenvalue weighted by atomic mass is 10.1. The average molecular weight is 349 g/mol. The van der Waals surface area contributed by atoms with E-state index in [-0.39, 0.29) is 17.4 Å². The van der Waals surface area contributed by atoms with Gasteiger partial charge in [0.05, 0.1) is 22.3 Å². The van der Waals surface area contributed by atoms with Gasteiger partial charge in [-0.05, 0) is 28.4 Å². The van der Waals surface area contributed by atoms with Gasteiger partial charge in [-0.3, -0.25) is 0 Å². The molecule has 1 aliphatic heterocycles. The first kappa shape index (κ1) is 12.3. The first-order chi connectivity index (χ1) is 8.53. The molecule has 96 valence electrons. The van der Waals surface area contributed by atoms with Crippen LogP contribution in [0.1, 0.15) is 18.2 Å². The van der Waals surface area contributed by atoms with Crippen molar-refractivity contribution >= 4 is 37.1 Å². The largest absolute Gasteiger partial charge is 0.339 e. The maximum absolute atomic E-state index is 11.4. The van der Waals surface area contributed by atoms with Crippen molar-refractivity contribution in [2.75, 3.05) is 11.5 Å². The lowest BCUT2D eigenvalue weighted by Crippen LogP contribution is -2.03. The summed E-state index contributed by atoms with van der Waals surface area (Å²) in [4.78, 5) is 5.19. The molecule has 0 amide bonds. The summed E-state index contributed by atoms with van der Waals surface area (Å²) in [6, 6.07) is 1.91. The van der Waals surface area contributed by atoms with Crippen LogP contribution in [0.15, 0.2) is 20.4 Å². The molecule has 18 heavy (non-hydrogen) atoms. The summed E-state index contributed by atoms with van der Waals surface area (Å²) in [6.45, 7) is 0. The summed E-state index contributed by atoms with van der Waals surface area (Å²) < 4.78 is 28.9. The minimum atomic E-state index is -2.93. The minimum Gasteiger partial charge on any atom is -0.339 e. The van der Waals surface area contributed by atoms with E-state index in [0.717, 1.165) is 9.35 Å². The van der Waals surface area contributed by atoms with Crippen molar-refractivity contribution in [3.05, 3.63) is 21.8 Å². The van der Waals surface area contributed by atoms with Crippen LogP contribution in [0, 0.1) is 0 Å². The van der Waals surface area contributed by atoms with E-state index in [9.17, 15) is 8.42 Å². The van der Waals surface area contributed by atoms with Crippen molar-refractivity contribution < 1.29 is 12.9 Å². The molecule has 0 aromatic carbocycles. The number of nitrogens with zero attached hydrogens (tertiary/aromatic N) is 2. The molecule has 1 saturated heterocycles. The van der Waals surface area contributed by atoms with Crippen LogP contribution in [0.4, 0.5) is 0 Å². The molecule has 8 heteroatoms. The Morgan fingerprint density at radius 2 is 2.33 bits per heavy atom. The maximum atomic E-state index is 11.4. The van der Waals surface area contributed by atoms with Crippen LogP contribution < -0.4 is 0 Å². The van der Waals surface area contributed by atoms with Crippen LogP contribution in [-0.2, 0) is 9.84 Å². The molecular formula is C10H9BrN2O3S2. The van der Waals surface area contributed by atoms with Gasteiger partial charge in [0.25, 0.3) is 0 Å². The minimum absolute atomic E-state index is 0.114. The number of aromatic nitrogens is 2. The van der Waals surface area contributed by atoms with Crippen molar-refractivity contribution in [2.24, 2.45) is 0 Å². The van der Waals surface area contributed by atoms with Crippen LogP contribution in [0.5, 0.6) is 0 Å². The number of halogens is 1. The highest BCUT2D eigenvalue weighted by Crippen LogP contribution is 2.31. The summed E-state index contributed by atoms with van der Waals surface area (Å²) in [6.07, 6.45) is 0.568. The van der Waals surface area contributed by atoms with Gasteiger partial charge in [0.15, 0.2) is 9.84 Å². The molecule has 1 aliphatic rings. The van der Waals surface area contributed by atoms with Crippen LogP contribution in [-0.4, -0.2) is 30.1 Å². The van der Waals surface area contributed by atoms with Gasteiger partial charge < -0.3 is 4.52 Å². The van der Waals surface area contributed by atoms with Crippen molar-refractivity contribution in [1.29, 1.82) is 0 Å². The van der Waals surface area contributed by atoms with E-state index in [1.165, 1.54) is 11.3 Å². The van der Waals surface area contributed by atoms with Gasteiger partial charge in [-0.15, -0.1) is 11.3 Å². The lowest BCUT2D eigenvalue weighted by Gasteiger charge is -1.97. The van der Waals surface area contributed by atoms with Gasteiger partial charge in [-0.1, -0.05) is 5.16 Å². The Labute approximate surface area is 116 Å². The van der Waals surface area contributed by atoms with Gasteiger partial charge in [0.1, 0.15) is 0 Å². The fourth-order valence-corrected chi connectivity index (χ4v) is 5.01. The quantitative estimate of drug-likeness (QED) is 0.833. The van der Waals surface area contributed by atoms with E-state index in [4.69, 9.17) is 4.52 Å². The van der Waals surface area contributed by atoms with Gasteiger partial charge in [-0.2, -0.15) is 4.98 Å². The molecular weight excluding hydrogens is 340 g/mol. The summed E-state index contributed by atoms with van der Waals surface area (Å²) in [5.41, 5.74) is 0. The summed E-state index contributed by atoms with van der Waals surface area (Å²) in [5, 5.41) is 5.84. The van der Waals surface area contributed by atoms with E-state index in [2.05, 4.69) is 26.1 Å². The van der Waals surface area contributed by atoms with E-state index in [1.807, 2.05) is 11.4 Å². The van der Waals surface area contributed by atoms with Gasteiger partial charge in [-0.25, -0.2) is 8.42 Å². The molecule has 0 radical (unpaired) electrons. The number of rotatable bonds is 2. The van der Waals surface area contributed by atoms with Crippen LogP contribution >= 0.6 is 27.3 Å². The molecule has 0 saturated carbocycles. The number of hydrogen-bond donors (Lipinski definition) is 0. The third-order valence-electron chi connectivity index (χ3n) is 2.81. The molecule has 0 spiro atoms. The molecule has 1 fully saturated rings. The van der Waals surface area contributed by atoms with E-state index < -0.39 is 9.84 Å². The number of thiophene rings is 1. The maximum Gasteiger partial charge on any atom is 0.231 e. The third kappa shape index (κ3) is 2.36. The SMILES string of the molecule is O=S1(=O)CC[C@@H](c2nc(-c3cc(Br)cs3)no2)C1. The zero-order valence-corrected chi connectivity index (χ0v) is 12.4. The number of hydrogen-bond acceptors (Lipinski definition) is 6. The highest BCUT2D eigenvalue weighted by Gasteiger charge is 2.33. The first-order valence-corrected chi connectivity index (χ1v) is 8.81. The second kappa shape index (κ2) is 4.43. The summed E-state index contributed by atoms with van der Waals surface area (Å²) in [7, 11) is -2.93. The van der Waals surface area contributed by atoms with Crippen molar-refractivity contribution in [2.45, 2.75) is 12.3 Å². The second-order valence-corrected chi connectivity index (χ2v) is 8.24. The highest BCUT2D eigenvalue weighted by atomic mass is 79.9. The van der Waals surface area contributed by atoms with Gasteiger partial charge in [0, 0.05) is 9.85 Å². The first-order valence-electron chi connectivity index (χ1n) is 5.32. The Balaban J connectivity index is 1.86. The molecule has 2 aromatic rings. The molecule has 1 atom stereocenters. The standard InChI is InChI=1S/C10H9BrN2O3S2/c11-7-3-8(17-4-7)9-12-10(16-13-9)6-1-2-18(14,15)5-6/h3-4,6H,1-2,5H2/t6-/m1/s1. The second-order valence-electron chi connectivity index (χ2n) is 4.19. The Morgan fingerprint density at radius 1 is 1.50 bits per heavy atom. The Bertz CT molecular complexity index is 677. The van der Waals surface area contributed by atoms with E-state index in [1.54, 1.807) is 0 Å². The molecule has 0 aliphatic carbocycles. The molecule has 3 heterocycles. The molecule has 0 bridgehead atoms. The van der Waals surface area contributed by atoms with Crippen molar-refractivity contribution in [1.82, 2.24) is 10.1 Å². The lowest BCUT2D eigenvalue weighted by molar-refractivity contribution is 0.361. The zero-order valence-electron chi connectivity index (χ0n) is 9.17. The highest BCUT2D eigenvalue weighted by molar-refractivity contribution is 9.10. The fraction of sp³-hybridized carbons (Fsp3) is 0.400. The Hall–Kier alpha value is -0.730. The monoisotopic (exact) mass is 348 g/mol. The van der Waals surface area contributed by atoms with Gasteiger partial charge >= 0.3 is 0 Å². The molecule has 0 unspecified atom stereocenters. The van der Waals surface area contributed by atoms with Gasteiger partial charge in [0.2, 0.25) is 11.7 Å². The van der Waals surface area contributed by atoms with Crippen LogP contribution in [0.3, 0.4) is 0 Å². The molecule has 5 nitrogen and oxygen atoms in total. The Kier molecular flexibility index (Phi) is 3.03.